The van der Waals surface area contributed by atoms with Crippen LogP contribution >= 0.6 is 0 Å². The van der Waals surface area contributed by atoms with Gasteiger partial charge in [-0.25, -0.2) is 0 Å². The second-order valence-electron chi connectivity index (χ2n) is 6.46. The first-order valence-corrected chi connectivity index (χ1v) is 7.29. The molecule has 2 fully saturated rings. The highest BCUT2D eigenvalue weighted by Crippen LogP contribution is 2.52. The number of likely N-dealkylation sites (tertiary alicyclic amines) is 1. The molecule has 2 aliphatic carbocycles. The van der Waals surface area contributed by atoms with Crippen molar-refractivity contribution < 1.29 is 14.4 Å². The number of fused-ring (bicyclic) bond motifs is 5. The number of amides is 3. The fraction of sp³-hybridized carbons (Fsp3) is 0.667. The normalized spacial score (nSPS) is 34.2. The maximum Gasteiger partial charge on any atom is 0.240 e. The second kappa shape index (κ2) is 4.72. The van der Waals surface area contributed by atoms with Crippen molar-refractivity contribution in [2.24, 2.45) is 29.6 Å². The van der Waals surface area contributed by atoms with Gasteiger partial charge < -0.3 is 5.32 Å². The Kier molecular flexibility index (Phi) is 3.15. The Balaban J connectivity index is 1.66. The van der Waals surface area contributed by atoms with Crippen LogP contribution in [0.15, 0.2) is 12.2 Å². The van der Waals surface area contributed by atoms with Crippen LogP contribution in [0.4, 0.5) is 0 Å². The van der Waals surface area contributed by atoms with Gasteiger partial charge >= 0.3 is 0 Å². The van der Waals surface area contributed by atoms with Gasteiger partial charge in [0.15, 0.2) is 0 Å². The number of rotatable bonds is 4. The molecule has 20 heavy (non-hydrogen) atoms. The lowest BCUT2D eigenvalue weighted by Crippen LogP contribution is -2.42. The zero-order chi connectivity index (χ0) is 14.4. The van der Waals surface area contributed by atoms with Gasteiger partial charge in [0.2, 0.25) is 17.7 Å². The molecular formula is C15H20N2O3. The van der Waals surface area contributed by atoms with E-state index in [0.717, 1.165) is 11.3 Å². The van der Waals surface area contributed by atoms with Crippen LogP contribution in [0.1, 0.15) is 20.3 Å². The third-order valence-electron chi connectivity index (χ3n) is 4.57. The molecule has 0 aromatic carbocycles. The van der Waals surface area contributed by atoms with E-state index >= 15 is 0 Å². The van der Waals surface area contributed by atoms with Crippen molar-refractivity contribution in [3.8, 4) is 0 Å². The van der Waals surface area contributed by atoms with Gasteiger partial charge in [-0.3, -0.25) is 19.3 Å². The lowest BCUT2D eigenvalue weighted by molar-refractivity contribution is -0.144. The van der Waals surface area contributed by atoms with E-state index < -0.39 is 0 Å². The van der Waals surface area contributed by atoms with E-state index in [9.17, 15) is 14.4 Å². The van der Waals surface area contributed by atoms with Crippen molar-refractivity contribution >= 4 is 17.7 Å². The lowest BCUT2D eigenvalue weighted by atomic mass is 9.85. The highest BCUT2D eigenvalue weighted by molar-refractivity contribution is 6.08. The van der Waals surface area contributed by atoms with Crippen molar-refractivity contribution in [1.82, 2.24) is 10.2 Å². The van der Waals surface area contributed by atoms with E-state index in [0.29, 0.717) is 12.5 Å². The Morgan fingerprint density at radius 1 is 1.25 bits per heavy atom. The Morgan fingerprint density at radius 3 is 2.30 bits per heavy atom. The molecule has 0 aromatic heterocycles. The van der Waals surface area contributed by atoms with Crippen molar-refractivity contribution in [3.63, 3.8) is 0 Å². The smallest absolute Gasteiger partial charge is 0.240 e. The molecule has 5 nitrogen and oxygen atoms in total. The molecule has 2 bridgehead atoms. The van der Waals surface area contributed by atoms with Crippen LogP contribution in [0.2, 0.25) is 0 Å². The van der Waals surface area contributed by atoms with Crippen LogP contribution in [-0.4, -0.2) is 35.7 Å². The molecule has 1 aliphatic heterocycles. The molecule has 0 unspecified atom stereocenters. The number of hydrogen-bond donors (Lipinski definition) is 1. The van der Waals surface area contributed by atoms with E-state index in [2.05, 4.69) is 17.5 Å². The minimum absolute atomic E-state index is 0.128. The number of carbonyl (C=O) groups is 3. The lowest BCUT2D eigenvalue weighted by Gasteiger charge is -2.17. The van der Waals surface area contributed by atoms with Gasteiger partial charge in [-0.15, -0.1) is 0 Å². The molecule has 3 amide bonds. The first kappa shape index (κ1) is 13.3. The molecule has 108 valence electrons. The fourth-order valence-electron chi connectivity index (χ4n) is 3.64. The monoisotopic (exact) mass is 276 g/mol. The zero-order valence-electron chi connectivity index (χ0n) is 11.8. The van der Waals surface area contributed by atoms with Gasteiger partial charge in [-0.2, -0.15) is 0 Å². The maximum absolute atomic E-state index is 12.4. The highest BCUT2D eigenvalue weighted by Gasteiger charge is 2.59. The largest absolute Gasteiger partial charge is 0.354 e. The van der Waals surface area contributed by atoms with Crippen molar-refractivity contribution in [1.29, 1.82) is 0 Å². The minimum Gasteiger partial charge on any atom is -0.354 e. The number of hydrogen-bond acceptors (Lipinski definition) is 3. The third-order valence-corrected chi connectivity index (χ3v) is 4.57. The van der Waals surface area contributed by atoms with E-state index in [1.54, 1.807) is 0 Å². The quantitative estimate of drug-likeness (QED) is 0.603. The Bertz CT molecular complexity index is 467. The summed E-state index contributed by atoms with van der Waals surface area (Å²) < 4.78 is 0. The van der Waals surface area contributed by atoms with Crippen LogP contribution in [0.5, 0.6) is 0 Å². The molecular weight excluding hydrogens is 256 g/mol. The molecule has 5 heteroatoms. The van der Waals surface area contributed by atoms with Crippen molar-refractivity contribution in [3.05, 3.63) is 12.2 Å². The number of imide groups is 1. The Morgan fingerprint density at radius 2 is 1.80 bits per heavy atom. The average molecular weight is 276 g/mol. The van der Waals surface area contributed by atoms with Gasteiger partial charge in [0.05, 0.1) is 11.8 Å². The van der Waals surface area contributed by atoms with Gasteiger partial charge in [-0.05, 0) is 24.2 Å². The molecule has 4 atom stereocenters. The molecule has 3 aliphatic rings. The van der Waals surface area contributed by atoms with Gasteiger partial charge in [0.25, 0.3) is 0 Å². The standard InChI is InChI=1S/C15H20N2O3/c1-8(2)6-16-11(18)7-17-14(19)12-9-3-4-10(5-9)13(12)15(17)20/h3-4,8-10,12-13H,5-7H2,1-2H3,(H,16,18)/t9-,10-,12+,13+/m0/s1. The molecule has 1 saturated carbocycles. The number of allylic oxidation sites excluding steroid dienone is 2. The molecule has 0 radical (unpaired) electrons. The second-order valence-corrected chi connectivity index (χ2v) is 6.46. The highest BCUT2D eigenvalue weighted by atomic mass is 16.2. The number of carbonyl (C=O) groups excluding carboxylic acids is 3. The van der Waals surface area contributed by atoms with Crippen LogP contribution < -0.4 is 5.32 Å². The van der Waals surface area contributed by atoms with E-state index in [-0.39, 0.29) is 47.9 Å². The summed E-state index contributed by atoms with van der Waals surface area (Å²) in [6, 6.07) is 0. The van der Waals surface area contributed by atoms with Gasteiger partial charge in [-0.1, -0.05) is 26.0 Å². The molecule has 3 rings (SSSR count). The zero-order valence-corrected chi connectivity index (χ0v) is 11.8. The fourth-order valence-corrected chi connectivity index (χ4v) is 3.64. The minimum atomic E-state index is -0.249. The Hall–Kier alpha value is -1.65. The van der Waals surface area contributed by atoms with Gasteiger partial charge in [0, 0.05) is 6.54 Å². The van der Waals surface area contributed by atoms with Crippen LogP contribution in [-0.2, 0) is 14.4 Å². The number of nitrogens with zero attached hydrogens (tertiary/aromatic N) is 1. The summed E-state index contributed by atoms with van der Waals surface area (Å²) in [6.07, 6.45) is 5.03. The summed E-state index contributed by atoms with van der Waals surface area (Å²) in [4.78, 5) is 37.7. The van der Waals surface area contributed by atoms with E-state index in [1.165, 1.54) is 0 Å². The maximum atomic E-state index is 12.4. The summed E-state index contributed by atoms with van der Waals surface area (Å²) in [5.41, 5.74) is 0. The summed E-state index contributed by atoms with van der Waals surface area (Å²) >= 11 is 0. The summed E-state index contributed by atoms with van der Waals surface area (Å²) in [7, 11) is 0. The number of nitrogens with one attached hydrogen (secondary N) is 1. The van der Waals surface area contributed by atoms with E-state index in [4.69, 9.17) is 0 Å². The predicted octanol–water partition coefficient (Wildman–Crippen LogP) is 0.566. The Labute approximate surface area is 118 Å². The van der Waals surface area contributed by atoms with E-state index in [1.807, 2.05) is 13.8 Å². The van der Waals surface area contributed by atoms with Crippen LogP contribution in [0.25, 0.3) is 0 Å². The third kappa shape index (κ3) is 1.96. The summed E-state index contributed by atoms with van der Waals surface area (Å²) in [5.74, 6) is -0.238. The molecule has 1 N–H and O–H groups in total. The summed E-state index contributed by atoms with van der Waals surface area (Å²) in [5, 5.41) is 2.75. The molecule has 0 aromatic rings. The summed E-state index contributed by atoms with van der Waals surface area (Å²) in [6.45, 7) is 4.44. The van der Waals surface area contributed by atoms with Crippen molar-refractivity contribution in [2.75, 3.05) is 13.1 Å². The first-order chi connectivity index (χ1) is 9.49. The first-order valence-electron chi connectivity index (χ1n) is 7.29. The topological polar surface area (TPSA) is 66.5 Å². The van der Waals surface area contributed by atoms with Crippen LogP contribution in [0, 0.1) is 29.6 Å². The molecule has 0 spiro atoms. The molecule has 1 heterocycles. The van der Waals surface area contributed by atoms with Crippen LogP contribution in [0.3, 0.4) is 0 Å². The predicted molar refractivity (Wildman–Crippen MR) is 72.3 cm³/mol. The molecule has 1 saturated heterocycles. The van der Waals surface area contributed by atoms with Gasteiger partial charge in [0.1, 0.15) is 6.54 Å². The average Bonchev–Trinajstić information content (AvgIpc) is 3.06. The van der Waals surface area contributed by atoms with Crippen molar-refractivity contribution in [2.45, 2.75) is 20.3 Å². The SMILES string of the molecule is CC(C)CNC(=O)CN1C(=O)[C@H]2[C@H](C1=O)[C@H]1C=C[C@H]2C1.